The number of alkyl halides is 1. The molecule has 0 fully saturated rings. The molecular formula is C12H12BrFN2. The topological polar surface area (TPSA) is 41.8 Å². The maximum absolute atomic E-state index is 13.5. The Bertz CT molecular complexity index is 549. The molecule has 84 valence electrons. The van der Waals surface area contributed by atoms with Gasteiger partial charge < -0.3 is 10.7 Å². The number of fused-ring (bicyclic) bond motifs is 3. The van der Waals surface area contributed by atoms with Crippen molar-refractivity contribution in [1.29, 1.82) is 0 Å². The molecule has 0 bridgehead atoms. The maximum atomic E-state index is 13.5. The molecule has 1 aliphatic carbocycles. The van der Waals surface area contributed by atoms with Crippen molar-refractivity contribution in [2.45, 2.75) is 25.1 Å². The van der Waals surface area contributed by atoms with Gasteiger partial charge in [-0.15, -0.1) is 0 Å². The van der Waals surface area contributed by atoms with Crippen LogP contribution in [0, 0.1) is 0 Å². The number of aryl methyl sites for hydroxylation is 1. The Hall–Kier alpha value is -0.870. The molecule has 0 spiro atoms. The van der Waals surface area contributed by atoms with Crippen LogP contribution in [-0.4, -0.2) is 11.2 Å². The third-order valence-corrected chi connectivity index (χ3v) is 3.79. The van der Waals surface area contributed by atoms with Gasteiger partial charge in [0, 0.05) is 21.1 Å². The number of hydrogen-bond donors (Lipinski definition) is 2. The minimum absolute atomic E-state index is 0.505. The summed E-state index contributed by atoms with van der Waals surface area (Å²) in [5, 5.41) is 1.16. The molecule has 4 heteroatoms. The van der Waals surface area contributed by atoms with Crippen LogP contribution in [0.4, 0.5) is 4.39 Å². The van der Waals surface area contributed by atoms with Crippen LogP contribution in [0.5, 0.6) is 0 Å². The van der Waals surface area contributed by atoms with Gasteiger partial charge in [-0.05, 0) is 36.6 Å². The monoisotopic (exact) mass is 282 g/mol. The second-order valence-electron chi connectivity index (χ2n) is 4.29. The minimum Gasteiger partial charge on any atom is -0.357 e. The van der Waals surface area contributed by atoms with E-state index in [1.165, 1.54) is 5.56 Å². The van der Waals surface area contributed by atoms with Gasteiger partial charge in [0.2, 0.25) is 0 Å². The molecule has 1 aliphatic rings. The molecule has 2 atom stereocenters. The maximum Gasteiger partial charge on any atom is 0.121 e. The van der Waals surface area contributed by atoms with Gasteiger partial charge in [-0.3, -0.25) is 0 Å². The summed E-state index contributed by atoms with van der Waals surface area (Å²) in [6, 6.07) is 5.53. The SMILES string of the molecule is NC1c2[nH]c3ccc(Br)cc3c2CCC1F. The highest BCUT2D eigenvalue weighted by atomic mass is 79.9. The number of aromatic nitrogens is 1. The number of H-pyrrole nitrogens is 1. The van der Waals surface area contributed by atoms with E-state index >= 15 is 0 Å². The van der Waals surface area contributed by atoms with Gasteiger partial charge in [-0.2, -0.15) is 0 Å². The number of benzene rings is 1. The van der Waals surface area contributed by atoms with Gasteiger partial charge in [-0.25, -0.2) is 4.39 Å². The summed E-state index contributed by atoms with van der Waals surface area (Å²) in [4.78, 5) is 3.24. The molecule has 3 rings (SSSR count). The van der Waals surface area contributed by atoms with Gasteiger partial charge in [-0.1, -0.05) is 15.9 Å². The van der Waals surface area contributed by atoms with E-state index in [4.69, 9.17) is 5.73 Å². The van der Waals surface area contributed by atoms with E-state index in [9.17, 15) is 4.39 Å². The molecule has 1 heterocycles. The van der Waals surface area contributed by atoms with Crippen molar-refractivity contribution in [2.75, 3.05) is 0 Å². The van der Waals surface area contributed by atoms with Crippen molar-refractivity contribution in [3.8, 4) is 0 Å². The lowest BCUT2D eigenvalue weighted by Crippen LogP contribution is -2.28. The van der Waals surface area contributed by atoms with Gasteiger partial charge in [0.05, 0.1) is 6.04 Å². The van der Waals surface area contributed by atoms with Gasteiger partial charge in [0.25, 0.3) is 0 Å². The molecule has 3 N–H and O–H groups in total. The Morgan fingerprint density at radius 3 is 3.06 bits per heavy atom. The smallest absolute Gasteiger partial charge is 0.121 e. The zero-order valence-electron chi connectivity index (χ0n) is 8.63. The number of halogens is 2. The summed E-state index contributed by atoms with van der Waals surface area (Å²) in [5.74, 6) is 0. The van der Waals surface area contributed by atoms with E-state index in [1.807, 2.05) is 12.1 Å². The fourth-order valence-electron chi connectivity index (χ4n) is 2.44. The van der Waals surface area contributed by atoms with E-state index in [-0.39, 0.29) is 0 Å². The van der Waals surface area contributed by atoms with Crippen LogP contribution >= 0.6 is 15.9 Å². The minimum atomic E-state index is -0.927. The number of aromatic amines is 1. The Morgan fingerprint density at radius 1 is 1.44 bits per heavy atom. The van der Waals surface area contributed by atoms with Crippen LogP contribution in [0.15, 0.2) is 22.7 Å². The molecule has 0 aliphatic heterocycles. The summed E-state index contributed by atoms with van der Waals surface area (Å²) in [6.07, 6.45) is 0.359. The van der Waals surface area contributed by atoms with Crippen LogP contribution < -0.4 is 5.73 Å². The highest BCUT2D eigenvalue weighted by molar-refractivity contribution is 9.10. The van der Waals surface area contributed by atoms with E-state index in [0.717, 1.165) is 27.5 Å². The number of nitrogens with two attached hydrogens (primary N) is 1. The number of nitrogens with one attached hydrogen (secondary N) is 1. The predicted octanol–water partition coefficient (Wildman–Crippen LogP) is 3.21. The standard InChI is InChI=1S/C12H12BrFN2/c13-6-1-4-10-8(5-6)7-2-3-9(14)11(15)12(7)16-10/h1,4-5,9,11,16H,2-3,15H2. The highest BCUT2D eigenvalue weighted by Crippen LogP contribution is 2.35. The molecule has 0 amide bonds. The van der Waals surface area contributed by atoms with Crippen molar-refractivity contribution < 1.29 is 4.39 Å². The van der Waals surface area contributed by atoms with Crippen LogP contribution in [0.3, 0.4) is 0 Å². The third kappa shape index (κ3) is 1.40. The quantitative estimate of drug-likeness (QED) is 0.766. The number of rotatable bonds is 0. The van der Waals surface area contributed by atoms with Gasteiger partial charge >= 0.3 is 0 Å². The molecular weight excluding hydrogens is 271 g/mol. The second kappa shape index (κ2) is 3.57. The van der Waals surface area contributed by atoms with Crippen LogP contribution in [0.1, 0.15) is 23.7 Å². The zero-order chi connectivity index (χ0) is 11.3. The Kier molecular flexibility index (Phi) is 2.30. The van der Waals surface area contributed by atoms with E-state index in [2.05, 4.69) is 27.0 Å². The molecule has 2 aromatic rings. The average molecular weight is 283 g/mol. The molecule has 16 heavy (non-hydrogen) atoms. The van der Waals surface area contributed by atoms with Crippen molar-refractivity contribution in [1.82, 2.24) is 4.98 Å². The molecule has 0 radical (unpaired) electrons. The number of hydrogen-bond acceptors (Lipinski definition) is 1. The molecule has 0 saturated heterocycles. The van der Waals surface area contributed by atoms with E-state index < -0.39 is 12.2 Å². The lowest BCUT2D eigenvalue weighted by Gasteiger charge is -2.22. The van der Waals surface area contributed by atoms with Crippen molar-refractivity contribution in [3.05, 3.63) is 33.9 Å². The lowest BCUT2D eigenvalue weighted by molar-refractivity contribution is 0.253. The van der Waals surface area contributed by atoms with Gasteiger partial charge in [0.1, 0.15) is 6.17 Å². The summed E-state index contributed by atoms with van der Waals surface area (Å²) in [5.41, 5.74) is 8.96. The second-order valence-corrected chi connectivity index (χ2v) is 5.20. The zero-order valence-corrected chi connectivity index (χ0v) is 10.2. The molecule has 0 saturated carbocycles. The van der Waals surface area contributed by atoms with E-state index in [1.54, 1.807) is 0 Å². The first-order chi connectivity index (χ1) is 7.66. The largest absolute Gasteiger partial charge is 0.357 e. The Labute approximate surface area is 101 Å². The first-order valence-corrected chi connectivity index (χ1v) is 6.16. The highest BCUT2D eigenvalue weighted by Gasteiger charge is 2.29. The molecule has 2 nitrogen and oxygen atoms in total. The average Bonchev–Trinajstić information content (AvgIpc) is 2.62. The fraction of sp³-hybridized carbons (Fsp3) is 0.333. The normalized spacial score (nSPS) is 24.7. The molecule has 1 aromatic heterocycles. The molecule has 1 aromatic carbocycles. The third-order valence-electron chi connectivity index (χ3n) is 3.29. The predicted molar refractivity (Wildman–Crippen MR) is 66.1 cm³/mol. The summed E-state index contributed by atoms with van der Waals surface area (Å²) in [7, 11) is 0. The van der Waals surface area contributed by atoms with Gasteiger partial charge in [0.15, 0.2) is 0 Å². The lowest BCUT2D eigenvalue weighted by atomic mass is 9.91. The Balaban J connectivity index is 2.26. The van der Waals surface area contributed by atoms with Crippen LogP contribution in [-0.2, 0) is 6.42 Å². The van der Waals surface area contributed by atoms with Crippen LogP contribution in [0.25, 0.3) is 10.9 Å². The van der Waals surface area contributed by atoms with Crippen LogP contribution in [0.2, 0.25) is 0 Å². The van der Waals surface area contributed by atoms with Crippen molar-refractivity contribution in [3.63, 3.8) is 0 Å². The Morgan fingerprint density at radius 2 is 2.25 bits per heavy atom. The van der Waals surface area contributed by atoms with Crippen molar-refractivity contribution in [2.24, 2.45) is 5.73 Å². The first-order valence-electron chi connectivity index (χ1n) is 5.36. The first kappa shape index (κ1) is 10.3. The summed E-state index contributed by atoms with van der Waals surface area (Å²) in [6.45, 7) is 0. The molecule has 2 unspecified atom stereocenters. The summed E-state index contributed by atoms with van der Waals surface area (Å²) < 4.78 is 14.5. The van der Waals surface area contributed by atoms with Crippen molar-refractivity contribution >= 4 is 26.8 Å². The van der Waals surface area contributed by atoms with E-state index in [0.29, 0.717) is 6.42 Å². The summed E-state index contributed by atoms with van der Waals surface area (Å²) >= 11 is 3.45. The fourth-order valence-corrected chi connectivity index (χ4v) is 2.80.